The average molecular weight is 415 g/mol. The van der Waals surface area contributed by atoms with Crippen molar-refractivity contribution >= 4 is 0 Å². The zero-order valence-electron chi connectivity index (χ0n) is 18.6. The Kier molecular flexibility index (Phi) is 16.8. The predicted octanol–water partition coefficient (Wildman–Crippen LogP) is 4.52. The third-order valence-electron chi connectivity index (χ3n) is 5.70. The van der Waals surface area contributed by atoms with Crippen LogP contribution in [0.4, 0.5) is 0 Å². The predicted molar refractivity (Wildman–Crippen MR) is 118 cm³/mol. The largest absolute Gasteiger partial charge is 0.394 e. The van der Waals surface area contributed by atoms with Crippen molar-refractivity contribution in [3.8, 4) is 0 Å². The van der Waals surface area contributed by atoms with Crippen LogP contribution in [-0.4, -0.2) is 59.6 Å². The van der Waals surface area contributed by atoms with Gasteiger partial charge in [0.05, 0.1) is 13.2 Å². The van der Waals surface area contributed by atoms with E-state index in [1.54, 1.807) is 0 Å². The molecule has 0 amide bonds. The van der Waals surface area contributed by atoms with E-state index in [0.717, 1.165) is 19.3 Å². The maximum absolute atomic E-state index is 9.89. The Labute approximate surface area is 178 Å². The summed E-state index contributed by atoms with van der Waals surface area (Å²) in [4.78, 5) is 0. The fraction of sp³-hybridized carbons (Fsp3) is 0.917. The van der Waals surface area contributed by atoms with E-state index in [0.29, 0.717) is 6.61 Å². The fourth-order valence-corrected chi connectivity index (χ4v) is 3.83. The lowest BCUT2D eigenvalue weighted by Gasteiger charge is -2.23. The fourth-order valence-electron chi connectivity index (χ4n) is 3.83. The van der Waals surface area contributed by atoms with E-state index in [1.165, 1.54) is 70.6 Å². The van der Waals surface area contributed by atoms with Gasteiger partial charge in [-0.15, -0.1) is 0 Å². The summed E-state index contributed by atoms with van der Waals surface area (Å²) in [6.07, 6.45) is 19.6. The van der Waals surface area contributed by atoms with E-state index in [-0.39, 0.29) is 13.2 Å². The number of hydrogen-bond acceptors (Lipinski definition) is 5. The maximum Gasteiger partial charge on any atom is 0.114 e. The molecule has 0 aliphatic carbocycles. The molecule has 0 unspecified atom stereocenters. The van der Waals surface area contributed by atoms with Crippen molar-refractivity contribution < 1.29 is 24.8 Å². The van der Waals surface area contributed by atoms with Gasteiger partial charge in [0.15, 0.2) is 0 Å². The van der Waals surface area contributed by atoms with Gasteiger partial charge in [0.25, 0.3) is 0 Å². The molecule has 0 aromatic rings. The van der Waals surface area contributed by atoms with Crippen LogP contribution >= 0.6 is 0 Å². The van der Waals surface area contributed by atoms with Crippen LogP contribution in [0.15, 0.2) is 12.2 Å². The second-order valence-electron chi connectivity index (χ2n) is 8.39. The van der Waals surface area contributed by atoms with Crippen LogP contribution in [0.3, 0.4) is 0 Å². The highest BCUT2D eigenvalue weighted by molar-refractivity contribution is 4.89. The van der Waals surface area contributed by atoms with Crippen LogP contribution in [0.5, 0.6) is 0 Å². The van der Waals surface area contributed by atoms with Gasteiger partial charge in [-0.25, -0.2) is 0 Å². The van der Waals surface area contributed by atoms with Crippen molar-refractivity contribution in [3.63, 3.8) is 0 Å². The molecule has 29 heavy (non-hydrogen) atoms. The lowest BCUT2D eigenvalue weighted by atomic mass is 10.1. The number of allylic oxidation sites excluding steroid dienone is 2. The van der Waals surface area contributed by atoms with E-state index in [9.17, 15) is 10.2 Å². The highest BCUT2D eigenvalue weighted by Gasteiger charge is 2.40. The second kappa shape index (κ2) is 18.3. The number of rotatable bonds is 19. The highest BCUT2D eigenvalue weighted by Crippen LogP contribution is 2.21. The van der Waals surface area contributed by atoms with Crippen molar-refractivity contribution in [2.75, 3.05) is 19.8 Å². The Morgan fingerprint density at radius 1 is 0.897 bits per heavy atom. The molecule has 1 aliphatic rings. The van der Waals surface area contributed by atoms with Crippen molar-refractivity contribution in [2.24, 2.45) is 0 Å². The Morgan fingerprint density at radius 3 is 2.03 bits per heavy atom. The molecule has 0 radical (unpaired) electrons. The van der Waals surface area contributed by atoms with Gasteiger partial charge in [-0.05, 0) is 32.1 Å². The molecule has 1 aliphatic heterocycles. The van der Waals surface area contributed by atoms with Crippen LogP contribution in [0, 0.1) is 0 Å². The highest BCUT2D eigenvalue weighted by atomic mass is 16.6. The quantitative estimate of drug-likeness (QED) is 0.214. The molecule has 1 rings (SSSR count). The van der Waals surface area contributed by atoms with Gasteiger partial charge in [0.1, 0.15) is 24.4 Å². The lowest BCUT2D eigenvalue weighted by Crippen LogP contribution is -2.42. The molecule has 5 nitrogen and oxygen atoms in total. The van der Waals surface area contributed by atoms with Gasteiger partial charge >= 0.3 is 0 Å². The van der Waals surface area contributed by atoms with Gasteiger partial charge in [-0.2, -0.15) is 0 Å². The van der Waals surface area contributed by atoms with E-state index in [4.69, 9.17) is 14.6 Å². The van der Waals surface area contributed by atoms with Crippen molar-refractivity contribution in [1.82, 2.24) is 0 Å². The zero-order chi connectivity index (χ0) is 21.2. The number of aliphatic hydroxyl groups excluding tert-OH is 3. The molecule has 1 saturated heterocycles. The summed E-state index contributed by atoms with van der Waals surface area (Å²) in [6, 6.07) is 0. The monoisotopic (exact) mass is 414 g/mol. The molecule has 3 N–H and O–H groups in total. The molecule has 0 aromatic heterocycles. The summed E-state index contributed by atoms with van der Waals surface area (Å²) in [7, 11) is 0. The third-order valence-corrected chi connectivity index (χ3v) is 5.70. The Morgan fingerprint density at radius 2 is 1.45 bits per heavy atom. The molecule has 0 bridgehead atoms. The molecule has 1 fully saturated rings. The first-order valence-corrected chi connectivity index (χ1v) is 12.1. The SMILES string of the molecule is CCCCCCCCCC/C=C/CCCCCCO[C@H]1[C@@H]([C@H](O)CO)OC[C@@H]1O. The summed E-state index contributed by atoms with van der Waals surface area (Å²) < 4.78 is 11.0. The van der Waals surface area contributed by atoms with Crippen LogP contribution in [0.2, 0.25) is 0 Å². The normalized spacial score (nSPS) is 23.2. The van der Waals surface area contributed by atoms with Crippen LogP contribution in [0.25, 0.3) is 0 Å². The molecule has 5 heteroatoms. The standard InChI is InChI=1S/C24H46O5/c1-2-3-4-5-6-7-8-9-10-11-12-13-14-15-16-17-18-28-24-22(27)20-29-23(24)21(26)19-25/h11-12,21-27H,2-10,13-20H2,1H3/b12-11+/t21-,22+,23-,24-/m1/s1. The third kappa shape index (κ3) is 12.7. The molecule has 0 saturated carbocycles. The van der Waals surface area contributed by atoms with E-state index >= 15 is 0 Å². The van der Waals surface area contributed by atoms with Gasteiger partial charge in [0, 0.05) is 6.61 Å². The minimum Gasteiger partial charge on any atom is -0.394 e. The molecule has 4 atom stereocenters. The molecule has 0 spiro atoms. The number of ether oxygens (including phenoxy) is 2. The minimum absolute atomic E-state index is 0.150. The first-order chi connectivity index (χ1) is 14.2. The molecular formula is C24H46O5. The van der Waals surface area contributed by atoms with Crippen molar-refractivity contribution in [2.45, 2.75) is 121 Å². The summed E-state index contributed by atoms with van der Waals surface area (Å²) in [5, 5.41) is 28.7. The topological polar surface area (TPSA) is 79.2 Å². The first-order valence-electron chi connectivity index (χ1n) is 12.1. The van der Waals surface area contributed by atoms with E-state index in [1.807, 2.05) is 0 Å². The first kappa shape index (κ1) is 26.6. The Hall–Kier alpha value is -0.460. The van der Waals surface area contributed by atoms with Gasteiger partial charge in [-0.1, -0.05) is 76.9 Å². The van der Waals surface area contributed by atoms with Crippen LogP contribution in [0.1, 0.15) is 96.8 Å². The molecule has 1 heterocycles. The van der Waals surface area contributed by atoms with Gasteiger partial charge in [-0.3, -0.25) is 0 Å². The smallest absolute Gasteiger partial charge is 0.114 e. The molecule has 172 valence electrons. The Bertz CT molecular complexity index is 387. The van der Waals surface area contributed by atoms with E-state index < -0.39 is 24.4 Å². The van der Waals surface area contributed by atoms with E-state index in [2.05, 4.69) is 19.1 Å². The van der Waals surface area contributed by atoms with Crippen molar-refractivity contribution in [1.29, 1.82) is 0 Å². The lowest BCUT2D eigenvalue weighted by molar-refractivity contribution is -0.0938. The average Bonchev–Trinajstić information content (AvgIpc) is 3.10. The summed E-state index contributed by atoms with van der Waals surface area (Å²) in [5.74, 6) is 0. The summed E-state index contributed by atoms with van der Waals surface area (Å²) >= 11 is 0. The van der Waals surface area contributed by atoms with Gasteiger partial charge in [0.2, 0.25) is 0 Å². The minimum atomic E-state index is -1.00. The second-order valence-corrected chi connectivity index (χ2v) is 8.39. The van der Waals surface area contributed by atoms with Crippen LogP contribution in [-0.2, 0) is 9.47 Å². The number of unbranched alkanes of at least 4 members (excludes halogenated alkanes) is 12. The summed E-state index contributed by atoms with van der Waals surface area (Å²) in [6.45, 7) is 2.58. The number of aliphatic hydroxyl groups is 3. The van der Waals surface area contributed by atoms with Crippen molar-refractivity contribution in [3.05, 3.63) is 12.2 Å². The Balaban J connectivity index is 1.88. The molecule has 0 aromatic carbocycles. The molecular weight excluding hydrogens is 368 g/mol. The maximum atomic E-state index is 9.89. The zero-order valence-corrected chi connectivity index (χ0v) is 18.6. The number of hydrogen-bond donors (Lipinski definition) is 3. The van der Waals surface area contributed by atoms with Gasteiger partial charge < -0.3 is 24.8 Å². The summed E-state index contributed by atoms with van der Waals surface area (Å²) in [5.41, 5.74) is 0. The van der Waals surface area contributed by atoms with Crippen LogP contribution < -0.4 is 0 Å².